The van der Waals surface area contributed by atoms with E-state index in [0.29, 0.717) is 17.5 Å². The van der Waals surface area contributed by atoms with Gasteiger partial charge >= 0.3 is 0 Å². The summed E-state index contributed by atoms with van der Waals surface area (Å²) >= 11 is 0. The molecule has 1 fully saturated rings. The van der Waals surface area contributed by atoms with Crippen molar-refractivity contribution in [1.29, 1.82) is 0 Å². The van der Waals surface area contributed by atoms with E-state index in [1.54, 1.807) is 16.8 Å². The van der Waals surface area contributed by atoms with Gasteiger partial charge in [0.05, 0.1) is 6.20 Å². The van der Waals surface area contributed by atoms with Gasteiger partial charge in [-0.25, -0.2) is 4.52 Å². The highest BCUT2D eigenvalue weighted by Crippen LogP contribution is 2.28. The Morgan fingerprint density at radius 3 is 2.95 bits per heavy atom. The van der Waals surface area contributed by atoms with Gasteiger partial charge in [-0.3, -0.25) is 4.79 Å². The molecule has 20 heavy (non-hydrogen) atoms. The van der Waals surface area contributed by atoms with E-state index in [4.69, 9.17) is 0 Å². The second-order valence-corrected chi connectivity index (χ2v) is 5.63. The van der Waals surface area contributed by atoms with Gasteiger partial charge in [0.15, 0.2) is 0 Å². The van der Waals surface area contributed by atoms with Crippen molar-refractivity contribution in [3.05, 3.63) is 35.0 Å². The van der Waals surface area contributed by atoms with Crippen LogP contribution >= 0.6 is 0 Å². The molecule has 2 aromatic heterocycles. The predicted molar refractivity (Wildman–Crippen MR) is 78.9 cm³/mol. The molecule has 108 valence electrons. The molecule has 0 radical (unpaired) electrons. The summed E-state index contributed by atoms with van der Waals surface area (Å²) in [6.07, 6.45) is 10.6. The van der Waals surface area contributed by atoms with Crippen molar-refractivity contribution < 1.29 is 0 Å². The second-order valence-electron chi connectivity index (χ2n) is 5.63. The Balaban J connectivity index is 1.85. The first-order valence-electron chi connectivity index (χ1n) is 7.55. The number of hydrogen-bond acceptors (Lipinski definition) is 3. The van der Waals surface area contributed by atoms with Gasteiger partial charge in [-0.15, -0.1) is 0 Å². The van der Waals surface area contributed by atoms with Gasteiger partial charge in [0.25, 0.3) is 5.56 Å². The molecule has 2 heterocycles. The average Bonchev–Trinajstić information content (AvgIpc) is 3.11. The first-order valence-corrected chi connectivity index (χ1v) is 7.55. The SMILES string of the molecule is CCNC(Cn1ccn2nccc2c1=O)C1CCCC1. The lowest BCUT2D eigenvalue weighted by Crippen LogP contribution is -2.41. The summed E-state index contributed by atoms with van der Waals surface area (Å²) < 4.78 is 3.46. The second kappa shape index (κ2) is 5.79. The third-order valence-corrected chi connectivity index (χ3v) is 4.37. The van der Waals surface area contributed by atoms with Gasteiger partial charge in [0.2, 0.25) is 0 Å². The van der Waals surface area contributed by atoms with Gasteiger partial charge in [-0.05, 0) is 31.4 Å². The van der Waals surface area contributed by atoms with Crippen LogP contribution in [0, 0.1) is 5.92 Å². The van der Waals surface area contributed by atoms with Crippen molar-refractivity contribution >= 4 is 5.52 Å². The van der Waals surface area contributed by atoms with E-state index in [-0.39, 0.29) is 5.56 Å². The molecule has 1 atom stereocenters. The normalized spacial score (nSPS) is 17.9. The van der Waals surface area contributed by atoms with Crippen molar-refractivity contribution in [3.8, 4) is 0 Å². The minimum Gasteiger partial charge on any atom is -0.312 e. The topological polar surface area (TPSA) is 51.3 Å². The highest BCUT2D eigenvalue weighted by atomic mass is 16.1. The molecule has 0 aliphatic heterocycles. The zero-order valence-corrected chi connectivity index (χ0v) is 12.0. The van der Waals surface area contributed by atoms with Crippen LogP contribution in [0.3, 0.4) is 0 Å². The Labute approximate surface area is 118 Å². The zero-order chi connectivity index (χ0) is 13.9. The van der Waals surface area contributed by atoms with Crippen LogP contribution in [0.2, 0.25) is 0 Å². The van der Waals surface area contributed by atoms with Gasteiger partial charge in [0, 0.05) is 25.0 Å². The maximum absolute atomic E-state index is 12.4. The van der Waals surface area contributed by atoms with Crippen molar-refractivity contribution in [2.45, 2.75) is 45.2 Å². The molecule has 0 aromatic carbocycles. The lowest BCUT2D eigenvalue weighted by atomic mass is 9.98. The summed E-state index contributed by atoms with van der Waals surface area (Å²) in [5, 5.41) is 7.66. The summed E-state index contributed by atoms with van der Waals surface area (Å²) in [6, 6.07) is 2.17. The lowest BCUT2D eigenvalue weighted by molar-refractivity contribution is 0.324. The van der Waals surface area contributed by atoms with Crippen LogP contribution in [0.5, 0.6) is 0 Å². The van der Waals surface area contributed by atoms with Crippen molar-refractivity contribution in [2.75, 3.05) is 6.54 Å². The average molecular weight is 274 g/mol. The van der Waals surface area contributed by atoms with Gasteiger partial charge in [-0.1, -0.05) is 19.8 Å². The molecular formula is C15H22N4O. The Morgan fingerprint density at radius 2 is 2.20 bits per heavy atom. The lowest BCUT2D eigenvalue weighted by Gasteiger charge is -2.25. The number of likely N-dealkylation sites (N-methyl/N-ethyl adjacent to an activating group) is 1. The third kappa shape index (κ3) is 2.50. The molecule has 0 spiro atoms. The number of rotatable bonds is 5. The number of fused-ring (bicyclic) bond motifs is 1. The fourth-order valence-corrected chi connectivity index (χ4v) is 3.32. The summed E-state index contributed by atoms with van der Waals surface area (Å²) in [5.74, 6) is 0.697. The Morgan fingerprint density at radius 1 is 1.40 bits per heavy atom. The maximum atomic E-state index is 12.4. The van der Waals surface area contributed by atoms with Crippen LogP contribution < -0.4 is 10.9 Å². The number of aromatic nitrogens is 3. The molecule has 1 N–H and O–H groups in total. The largest absolute Gasteiger partial charge is 0.312 e. The minimum atomic E-state index is 0.0471. The fourth-order valence-electron chi connectivity index (χ4n) is 3.32. The van der Waals surface area contributed by atoms with E-state index < -0.39 is 0 Å². The van der Waals surface area contributed by atoms with Crippen LogP contribution in [0.1, 0.15) is 32.6 Å². The fraction of sp³-hybridized carbons (Fsp3) is 0.600. The van der Waals surface area contributed by atoms with Gasteiger partial charge in [-0.2, -0.15) is 5.10 Å². The molecule has 1 aliphatic carbocycles. The Kier molecular flexibility index (Phi) is 3.87. The standard InChI is InChI=1S/C15H22N4O/c1-2-16-13(12-5-3-4-6-12)11-18-9-10-19-14(15(18)20)7-8-17-19/h7-10,12-13,16H,2-6,11H2,1H3. The van der Waals surface area contributed by atoms with Crippen LogP contribution in [-0.4, -0.2) is 26.8 Å². The van der Waals surface area contributed by atoms with Crippen LogP contribution in [0.25, 0.3) is 5.52 Å². The van der Waals surface area contributed by atoms with Crippen molar-refractivity contribution in [1.82, 2.24) is 19.5 Å². The molecule has 0 saturated heterocycles. The molecule has 3 rings (SSSR count). The molecule has 0 amide bonds. The quantitative estimate of drug-likeness (QED) is 0.902. The zero-order valence-electron chi connectivity index (χ0n) is 12.0. The molecule has 1 aliphatic rings. The third-order valence-electron chi connectivity index (χ3n) is 4.37. The molecule has 2 aromatic rings. The van der Waals surface area contributed by atoms with E-state index in [2.05, 4.69) is 17.3 Å². The first-order chi connectivity index (χ1) is 9.79. The molecular weight excluding hydrogens is 252 g/mol. The highest BCUT2D eigenvalue weighted by molar-refractivity contribution is 5.42. The summed E-state index contributed by atoms with van der Waals surface area (Å²) in [7, 11) is 0. The number of hydrogen-bond donors (Lipinski definition) is 1. The van der Waals surface area contributed by atoms with Crippen LogP contribution in [0.15, 0.2) is 29.5 Å². The molecule has 1 saturated carbocycles. The van der Waals surface area contributed by atoms with E-state index >= 15 is 0 Å². The monoisotopic (exact) mass is 274 g/mol. The molecule has 1 unspecified atom stereocenters. The Hall–Kier alpha value is -1.62. The van der Waals surface area contributed by atoms with Crippen LogP contribution in [0.4, 0.5) is 0 Å². The minimum absolute atomic E-state index is 0.0471. The van der Waals surface area contributed by atoms with Gasteiger partial charge in [0.1, 0.15) is 5.52 Å². The highest BCUT2D eigenvalue weighted by Gasteiger charge is 2.24. The molecule has 5 heteroatoms. The van der Waals surface area contributed by atoms with E-state index in [0.717, 1.165) is 13.1 Å². The van der Waals surface area contributed by atoms with E-state index in [1.165, 1.54) is 25.7 Å². The summed E-state index contributed by atoms with van der Waals surface area (Å²) in [4.78, 5) is 12.4. The smallest absolute Gasteiger partial charge is 0.276 e. The summed E-state index contributed by atoms with van der Waals surface area (Å²) in [5.41, 5.74) is 0.695. The molecule has 5 nitrogen and oxygen atoms in total. The predicted octanol–water partition coefficient (Wildman–Crippen LogP) is 1.66. The van der Waals surface area contributed by atoms with E-state index in [9.17, 15) is 4.79 Å². The van der Waals surface area contributed by atoms with Gasteiger partial charge < -0.3 is 9.88 Å². The summed E-state index contributed by atoms with van der Waals surface area (Å²) in [6.45, 7) is 3.83. The maximum Gasteiger partial charge on any atom is 0.276 e. The number of nitrogens with zero attached hydrogens (tertiary/aromatic N) is 3. The van der Waals surface area contributed by atoms with Crippen LogP contribution in [-0.2, 0) is 6.54 Å². The number of nitrogens with one attached hydrogen (secondary N) is 1. The Bertz CT molecular complexity index is 624. The first kappa shape index (κ1) is 13.4. The van der Waals surface area contributed by atoms with Crippen molar-refractivity contribution in [3.63, 3.8) is 0 Å². The molecule has 0 bridgehead atoms. The van der Waals surface area contributed by atoms with Crippen molar-refractivity contribution in [2.24, 2.45) is 5.92 Å². The van der Waals surface area contributed by atoms with E-state index in [1.807, 2.05) is 17.0 Å².